The van der Waals surface area contributed by atoms with Gasteiger partial charge in [0.1, 0.15) is 5.82 Å². The maximum atomic E-state index is 10.5. The van der Waals surface area contributed by atoms with Crippen LogP contribution in [0.5, 0.6) is 0 Å². The maximum Gasteiger partial charge on any atom is 1.00 e. The molecule has 1 aromatic heterocycles. The summed E-state index contributed by atoms with van der Waals surface area (Å²) in [4.78, 5) is 7.52. The van der Waals surface area contributed by atoms with E-state index in [1.165, 1.54) is 12.4 Å². The first-order chi connectivity index (χ1) is 5.91. The third kappa shape index (κ3) is 3.27. The van der Waals surface area contributed by atoms with Crippen molar-refractivity contribution in [3.05, 3.63) is 18.2 Å². The fourth-order valence-electron chi connectivity index (χ4n) is 0.677. The summed E-state index contributed by atoms with van der Waals surface area (Å²) in [5.41, 5.74) is 0.153. The Morgan fingerprint density at radius 1 is 1.36 bits per heavy atom. The third-order valence-corrected chi connectivity index (χ3v) is 2.35. The van der Waals surface area contributed by atoms with Gasteiger partial charge in [-0.1, -0.05) is 0 Å². The maximum absolute atomic E-state index is 10.5. The summed E-state index contributed by atoms with van der Waals surface area (Å²) in [5, 5.41) is 0. The van der Waals surface area contributed by atoms with Gasteiger partial charge in [-0.2, -0.15) is 0 Å². The van der Waals surface area contributed by atoms with E-state index in [1.807, 2.05) is 0 Å². The van der Waals surface area contributed by atoms with Crippen LogP contribution in [0.25, 0.3) is 0 Å². The number of rotatable bonds is 2. The summed E-state index contributed by atoms with van der Waals surface area (Å²) in [6.45, 7) is 1.66. The van der Waals surface area contributed by atoms with Crippen LogP contribution in [0.4, 0.5) is 5.69 Å². The van der Waals surface area contributed by atoms with Crippen LogP contribution in [0.1, 0.15) is 5.82 Å². The molecule has 1 rings (SSSR count). The zero-order valence-electron chi connectivity index (χ0n) is 8.13. The van der Waals surface area contributed by atoms with Crippen molar-refractivity contribution in [2.75, 3.05) is 11.4 Å². The van der Waals surface area contributed by atoms with Gasteiger partial charge in [-0.25, -0.2) is 18.4 Å². The Morgan fingerprint density at radius 2 is 1.79 bits per heavy atom. The average molecular weight is 209 g/mol. The Bertz CT molecular complexity index is 391. The van der Waals surface area contributed by atoms with E-state index in [2.05, 4.69) is 9.97 Å². The minimum atomic E-state index is -4.47. The van der Waals surface area contributed by atoms with Crippen molar-refractivity contribution in [1.29, 1.82) is 0 Å². The summed E-state index contributed by atoms with van der Waals surface area (Å²) < 4.78 is 32.2. The first kappa shape index (κ1) is 13.4. The van der Waals surface area contributed by atoms with Gasteiger partial charge in [0.2, 0.25) is 0 Å². The molecule has 0 N–H and O–H groups in total. The summed E-state index contributed by atoms with van der Waals surface area (Å²) in [7, 11) is -3.32. The number of aromatic nitrogens is 2. The Balaban J connectivity index is 0.00000169. The van der Waals surface area contributed by atoms with Gasteiger partial charge in [-0.05, 0) is 6.92 Å². The van der Waals surface area contributed by atoms with E-state index in [9.17, 15) is 13.0 Å². The molecule has 1 heterocycles. The summed E-state index contributed by atoms with van der Waals surface area (Å²) >= 11 is 0. The molecule has 0 spiro atoms. The van der Waals surface area contributed by atoms with Gasteiger partial charge in [0.15, 0.2) is 10.3 Å². The number of hydrogen-bond donors (Lipinski definition) is 0. The molecule has 0 radical (unpaired) electrons. The molecule has 0 atom stereocenters. The van der Waals surface area contributed by atoms with E-state index in [-0.39, 0.29) is 24.5 Å². The summed E-state index contributed by atoms with van der Waals surface area (Å²) in [6, 6.07) is 0. The Hall–Kier alpha value is -0.613. The molecule has 6 nitrogen and oxygen atoms in total. The van der Waals surface area contributed by atoms with Crippen molar-refractivity contribution in [3.63, 3.8) is 0 Å². The van der Waals surface area contributed by atoms with E-state index in [0.717, 1.165) is 7.05 Å². The SMILES string of the molecule is Cc1ncc(N(C)S(=O)(=O)[O-])cn1.[Li+]. The molecule has 0 aliphatic heterocycles. The van der Waals surface area contributed by atoms with Gasteiger partial charge in [0, 0.05) is 7.05 Å². The van der Waals surface area contributed by atoms with Gasteiger partial charge < -0.3 is 4.55 Å². The predicted octanol–water partition coefficient (Wildman–Crippen LogP) is -3.31. The second-order valence-corrected chi connectivity index (χ2v) is 3.82. The molecule has 0 fully saturated rings. The van der Waals surface area contributed by atoms with Gasteiger partial charge in [0.25, 0.3) is 0 Å². The van der Waals surface area contributed by atoms with Crippen molar-refractivity contribution in [1.82, 2.24) is 9.97 Å². The number of anilines is 1. The molecule has 0 amide bonds. The monoisotopic (exact) mass is 209 g/mol. The molecule has 8 heteroatoms. The fraction of sp³-hybridized carbons (Fsp3) is 0.333. The molecule has 72 valence electrons. The van der Waals surface area contributed by atoms with E-state index >= 15 is 0 Å². The molecule has 0 unspecified atom stereocenters. The second-order valence-electron chi connectivity index (χ2n) is 2.41. The van der Waals surface area contributed by atoms with Crippen LogP contribution >= 0.6 is 0 Å². The number of nitrogens with zero attached hydrogens (tertiary/aromatic N) is 3. The van der Waals surface area contributed by atoms with Gasteiger partial charge in [0.05, 0.1) is 18.1 Å². The van der Waals surface area contributed by atoms with Crippen molar-refractivity contribution in [3.8, 4) is 0 Å². The first-order valence-corrected chi connectivity index (χ1v) is 4.76. The van der Waals surface area contributed by atoms with E-state index in [4.69, 9.17) is 0 Å². The van der Waals surface area contributed by atoms with Crippen LogP contribution < -0.4 is 23.2 Å². The Kier molecular flexibility index (Phi) is 4.54. The second kappa shape index (κ2) is 4.75. The smallest absolute Gasteiger partial charge is 0.731 e. The minimum absolute atomic E-state index is 0. The molecule has 0 aliphatic carbocycles. The molecule has 0 aromatic carbocycles. The van der Waals surface area contributed by atoms with Crippen LogP contribution in [0.2, 0.25) is 0 Å². The molecule has 0 saturated carbocycles. The predicted molar refractivity (Wildman–Crippen MR) is 44.9 cm³/mol. The normalized spacial score (nSPS) is 10.5. The topological polar surface area (TPSA) is 86.2 Å². The van der Waals surface area contributed by atoms with E-state index < -0.39 is 10.3 Å². The molecule has 0 aliphatic rings. The van der Waals surface area contributed by atoms with Gasteiger partial charge in [-0.15, -0.1) is 0 Å². The molecule has 0 saturated heterocycles. The van der Waals surface area contributed by atoms with Gasteiger partial charge in [-0.3, -0.25) is 4.31 Å². The molecule has 14 heavy (non-hydrogen) atoms. The minimum Gasteiger partial charge on any atom is -0.731 e. The fourth-order valence-corrected chi connectivity index (χ4v) is 1.03. The van der Waals surface area contributed by atoms with Crippen LogP contribution in [0.15, 0.2) is 12.4 Å². The van der Waals surface area contributed by atoms with Crippen molar-refractivity contribution >= 4 is 16.0 Å². The zero-order valence-corrected chi connectivity index (χ0v) is 8.95. The third-order valence-electron chi connectivity index (χ3n) is 1.47. The Labute approximate surface area is 94.4 Å². The molecular weight excluding hydrogens is 201 g/mol. The quantitative estimate of drug-likeness (QED) is 0.376. The Morgan fingerprint density at radius 3 is 2.14 bits per heavy atom. The zero-order chi connectivity index (χ0) is 10.1. The first-order valence-electron chi connectivity index (χ1n) is 3.39. The standard InChI is InChI=1S/C6H9N3O3S.Li/c1-5-7-3-6(4-8-5)9(2)13(10,11)12;/h3-4H,1-2H3,(H,10,11,12);/q;+1/p-1. The molecule has 0 bridgehead atoms. The van der Waals surface area contributed by atoms with E-state index in [1.54, 1.807) is 6.92 Å². The molecule has 1 aromatic rings. The molecular formula is C6H8LiN3O3S. The van der Waals surface area contributed by atoms with Gasteiger partial charge >= 0.3 is 18.9 Å². The average Bonchev–Trinajstić information content (AvgIpc) is 2.03. The van der Waals surface area contributed by atoms with Crippen LogP contribution in [0, 0.1) is 6.92 Å². The summed E-state index contributed by atoms with van der Waals surface area (Å²) in [6.07, 6.45) is 2.55. The largest absolute Gasteiger partial charge is 1.00 e. The van der Waals surface area contributed by atoms with E-state index in [0.29, 0.717) is 10.1 Å². The van der Waals surface area contributed by atoms with Crippen molar-refractivity contribution in [2.24, 2.45) is 0 Å². The number of aryl methyl sites for hydroxylation is 1. The van der Waals surface area contributed by atoms with Crippen molar-refractivity contribution in [2.45, 2.75) is 6.92 Å². The van der Waals surface area contributed by atoms with Crippen LogP contribution in [-0.4, -0.2) is 30.0 Å². The van der Waals surface area contributed by atoms with Crippen molar-refractivity contribution < 1.29 is 31.8 Å². The summed E-state index contributed by atoms with van der Waals surface area (Å²) in [5.74, 6) is 0.514. The van der Waals surface area contributed by atoms with Crippen LogP contribution in [-0.2, 0) is 10.3 Å². The number of hydrogen-bond acceptors (Lipinski definition) is 5. The van der Waals surface area contributed by atoms with Crippen LogP contribution in [0.3, 0.4) is 0 Å².